The molecule has 16 heavy (non-hydrogen) atoms. The van der Waals surface area contributed by atoms with E-state index in [1.165, 1.54) is 0 Å². The van der Waals surface area contributed by atoms with E-state index in [1.54, 1.807) is 0 Å². The summed E-state index contributed by atoms with van der Waals surface area (Å²) in [6.45, 7) is 0. The lowest BCUT2D eigenvalue weighted by Gasteiger charge is -1.74. The molecule has 0 spiro atoms. The van der Waals surface area contributed by atoms with Crippen molar-refractivity contribution in [3.63, 3.8) is 0 Å². The third kappa shape index (κ3) is 22.5. The number of primary amides is 4. The quantitative estimate of drug-likeness (QED) is 0.393. The van der Waals surface area contributed by atoms with Crippen molar-refractivity contribution >= 4 is 24.1 Å². The minimum Gasteiger partial charge on any atom is -0.348 e. The van der Waals surface area contributed by atoms with Crippen molar-refractivity contribution in [2.24, 2.45) is 43.4 Å². The lowest BCUT2D eigenvalue weighted by Crippen LogP contribution is -2.07. The first-order chi connectivity index (χ1) is 7.25. The highest BCUT2D eigenvalue weighted by Gasteiger charge is 1.87. The van der Waals surface area contributed by atoms with Crippen LogP contribution in [0.4, 0.5) is 19.2 Å². The maximum atomic E-state index is 9.66. The topological polar surface area (TPSA) is 222 Å². The predicted molar refractivity (Wildman–Crippen MR) is 48.0 cm³/mol. The Morgan fingerprint density at radius 1 is 0.500 bits per heavy atom. The van der Waals surface area contributed by atoms with Crippen LogP contribution >= 0.6 is 0 Å². The molecule has 0 aromatic heterocycles. The van der Waals surface area contributed by atoms with Gasteiger partial charge in [-0.25, -0.2) is 19.2 Å². The van der Waals surface area contributed by atoms with Crippen LogP contribution in [0.25, 0.3) is 0 Å². The standard InChI is InChI=1S/2C2H4N4O2/c2*3-1(7)5-6-2(4)8/h2*(H2,3,7)(H2,4,8)/b2*6-5+. The molecule has 8 N–H and O–H groups in total. The van der Waals surface area contributed by atoms with Crippen molar-refractivity contribution in [3.05, 3.63) is 0 Å². The number of hydrogen-bond acceptors (Lipinski definition) is 4. The van der Waals surface area contributed by atoms with E-state index in [0.717, 1.165) is 0 Å². The molecule has 0 bridgehead atoms. The monoisotopic (exact) mass is 232 g/mol. The van der Waals surface area contributed by atoms with Gasteiger partial charge in [0.2, 0.25) is 0 Å². The SMILES string of the molecule is NC(=O)/N=N/C(N)=O.NC(=O)/N=N/C(N)=O. The van der Waals surface area contributed by atoms with Crippen molar-refractivity contribution in [2.75, 3.05) is 0 Å². The summed E-state index contributed by atoms with van der Waals surface area (Å²) in [4.78, 5) is 38.6. The zero-order valence-corrected chi connectivity index (χ0v) is 7.73. The second kappa shape index (κ2) is 8.67. The maximum absolute atomic E-state index is 9.66. The van der Waals surface area contributed by atoms with Gasteiger partial charge in [-0.1, -0.05) is 20.5 Å². The van der Waals surface area contributed by atoms with Crippen LogP contribution in [0, 0.1) is 0 Å². The Labute approximate surface area is 87.7 Å². The van der Waals surface area contributed by atoms with E-state index in [-0.39, 0.29) is 0 Å². The lowest BCUT2D eigenvalue weighted by molar-refractivity contribution is 0.249. The largest absolute Gasteiger partial charge is 0.357 e. The summed E-state index contributed by atoms with van der Waals surface area (Å²) in [6.07, 6.45) is 0. The molecule has 0 heterocycles. The number of carbonyl (C=O) groups excluding carboxylic acids is 4. The van der Waals surface area contributed by atoms with E-state index in [9.17, 15) is 19.2 Å². The molecule has 0 rings (SSSR count). The van der Waals surface area contributed by atoms with Crippen LogP contribution < -0.4 is 22.9 Å². The van der Waals surface area contributed by atoms with Gasteiger partial charge in [0, 0.05) is 0 Å². The molecule has 12 heteroatoms. The van der Waals surface area contributed by atoms with Gasteiger partial charge in [-0.15, -0.1) is 0 Å². The Hall–Kier alpha value is -2.92. The average molecular weight is 232 g/mol. The number of azo groups is 2. The van der Waals surface area contributed by atoms with Gasteiger partial charge in [-0.2, -0.15) is 0 Å². The van der Waals surface area contributed by atoms with Crippen LogP contribution in [-0.4, -0.2) is 24.1 Å². The summed E-state index contributed by atoms with van der Waals surface area (Å²) in [6, 6.07) is -4.15. The van der Waals surface area contributed by atoms with Crippen LogP contribution in [-0.2, 0) is 0 Å². The van der Waals surface area contributed by atoms with E-state index in [4.69, 9.17) is 0 Å². The maximum Gasteiger partial charge on any atom is 0.357 e. The third-order valence-corrected chi connectivity index (χ3v) is 0.494. The number of nitrogens with two attached hydrogens (primary N) is 4. The Morgan fingerprint density at radius 2 is 0.625 bits per heavy atom. The second-order valence-corrected chi connectivity index (χ2v) is 1.75. The van der Waals surface area contributed by atoms with Gasteiger partial charge in [0.1, 0.15) is 0 Å². The van der Waals surface area contributed by atoms with Gasteiger partial charge in [0.05, 0.1) is 0 Å². The molecule has 0 aliphatic rings. The minimum absolute atomic E-state index is 1.04. The summed E-state index contributed by atoms with van der Waals surface area (Å²) in [5.74, 6) is 0. The number of carbonyl (C=O) groups is 4. The molecule has 0 atom stereocenters. The lowest BCUT2D eigenvalue weighted by atomic mass is 11.1. The van der Waals surface area contributed by atoms with Gasteiger partial charge in [-0.3, -0.25) is 0 Å². The molecule has 12 nitrogen and oxygen atoms in total. The summed E-state index contributed by atoms with van der Waals surface area (Å²) < 4.78 is 0. The fourth-order valence-electron chi connectivity index (χ4n) is 0.197. The number of rotatable bonds is 0. The van der Waals surface area contributed by atoms with E-state index >= 15 is 0 Å². The number of urea groups is 4. The summed E-state index contributed by atoms with van der Waals surface area (Å²) in [7, 11) is 0. The first kappa shape index (κ1) is 15.5. The molecule has 0 fully saturated rings. The summed E-state index contributed by atoms with van der Waals surface area (Å²) in [5.41, 5.74) is 17.7. The molecule has 88 valence electrons. The fraction of sp³-hybridized carbons (Fsp3) is 0. The Bertz CT molecular complexity index is 280. The molecule has 8 amide bonds. The second-order valence-electron chi connectivity index (χ2n) is 1.75. The van der Waals surface area contributed by atoms with Gasteiger partial charge in [-0.05, 0) is 0 Å². The van der Waals surface area contributed by atoms with Gasteiger partial charge in [0.25, 0.3) is 0 Å². The van der Waals surface area contributed by atoms with E-state index in [2.05, 4.69) is 43.4 Å². The zero-order chi connectivity index (χ0) is 13.1. The highest BCUT2D eigenvalue weighted by molar-refractivity contribution is 5.77. The van der Waals surface area contributed by atoms with Crippen molar-refractivity contribution in [1.29, 1.82) is 0 Å². The number of amides is 8. The Morgan fingerprint density at radius 3 is 0.688 bits per heavy atom. The van der Waals surface area contributed by atoms with Gasteiger partial charge >= 0.3 is 24.1 Å². The molecule has 0 saturated carbocycles. The summed E-state index contributed by atoms with van der Waals surface area (Å²) >= 11 is 0. The van der Waals surface area contributed by atoms with Crippen LogP contribution in [0.1, 0.15) is 0 Å². The van der Waals surface area contributed by atoms with Crippen LogP contribution in [0.15, 0.2) is 20.5 Å². The van der Waals surface area contributed by atoms with E-state index in [0.29, 0.717) is 0 Å². The van der Waals surface area contributed by atoms with Crippen molar-refractivity contribution < 1.29 is 19.2 Å². The fourth-order valence-corrected chi connectivity index (χ4v) is 0.197. The van der Waals surface area contributed by atoms with Crippen LogP contribution in [0.5, 0.6) is 0 Å². The molecule has 0 radical (unpaired) electrons. The normalized spacial score (nSPS) is 9.50. The molecule has 0 aromatic rings. The number of nitrogens with zero attached hydrogens (tertiary/aromatic N) is 4. The molecular weight excluding hydrogens is 224 g/mol. The van der Waals surface area contributed by atoms with Crippen LogP contribution in [0.2, 0.25) is 0 Å². The first-order valence-electron chi connectivity index (χ1n) is 3.27. The average Bonchev–Trinajstić information content (AvgIpc) is 2.12. The van der Waals surface area contributed by atoms with Crippen LogP contribution in [0.3, 0.4) is 0 Å². The van der Waals surface area contributed by atoms with E-state index in [1.807, 2.05) is 0 Å². The molecule has 0 saturated heterocycles. The summed E-state index contributed by atoms with van der Waals surface area (Å²) in [5, 5.41) is 10.5. The zero-order valence-electron chi connectivity index (χ0n) is 7.73. The van der Waals surface area contributed by atoms with E-state index < -0.39 is 24.1 Å². The first-order valence-corrected chi connectivity index (χ1v) is 3.27. The van der Waals surface area contributed by atoms with Crippen molar-refractivity contribution in [2.45, 2.75) is 0 Å². The Balaban J connectivity index is 0. The molecule has 0 aliphatic heterocycles. The molecular formula is C4H8N8O4. The molecule has 0 aromatic carbocycles. The van der Waals surface area contributed by atoms with Gasteiger partial charge < -0.3 is 22.9 Å². The highest BCUT2D eigenvalue weighted by atomic mass is 16.2. The third-order valence-electron chi connectivity index (χ3n) is 0.494. The predicted octanol–water partition coefficient (Wildman–Crippen LogP) is -0.808. The smallest absolute Gasteiger partial charge is 0.348 e. The Kier molecular flexibility index (Phi) is 8.42. The molecule has 0 unspecified atom stereocenters. The van der Waals surface area contributed by atoms with Crippen molar-refractivity contribution in [3.8, 4) is 0 Å². The minimum atomic E-state index is -1.04. The van der Waals surface area contributed by atoms with Gasteiger partial charge in [0.15, 0.2) is 0 Å². The highest BCUT2D eigenvalue weighted by Crippen LogP contribution is 1.72. The van der Waals surface area contributed by atoms with Crippen molar-refractivity contribution in [1.82, 2.24) is 0 Å². The molecule has 0 aliphatic carbocycles. The number of hydrogen-bond donors (Lipinski definition) is 4.